The van der Waals surface area contributed by atoms with Gasteiger partial charge in [-0.2, -0.15) is 0 Å². The molecule has 0 fully saturated rings. The van der Waals surface area contributed by atoms with E-state index < -0.39 is 0 Å². The first-order valence-corrected chi connectivity index (χ1v) is 16.2. The smallest absolute Gasteiger partial charge is 0.207 e. The maximum Gasteiger partial charge on any atom is 0.207 e. The zero-order chi connectivity index (χ0) is 28.2. The average Bonchev–Trinajstić information content (AvgIpc) is 2.96. The van der Waals surface area contributed by atoms with Crippen LogP contribution >= 0.6 is 21.6 Å². The number of allylic oxidation sites excluding steroid dienone is 2. The van der Waals surface area contributed by atoms with Crippen LogP contribution in [-0.2, 0) is 14.1 Å². The van der Waals surface area contributed by atoms with E-state index in [4.69, 9.17) is 0 Å². The van der Waals surface area contributed by atoms with Crippen molar-refractivity contribution in [2.45, 2.75) is 13.8 Å². The number of nitrogens with zero attached hydrogens (tertiary/aromatic N) is 2. The molecule has 2 N–H and O–H groups in total. The van der Waals surface area contributed by atoms with Gasteiger partial charge in [-0.25, -0.2) is 9.13 Å². The van der Waals surface area contributed by atoms with Gasteiger partial charge < -0.3 is 10.6 Å². The summed E-state index contributed by atoms with van der Waals surface area (Å²) in [6.45, 7) is 6.23. The molecule has 0 bridgehead atoms. The minimum atomic E-state index is 0.953. The van der Waals surface area contributed by atoms with Gasteiger partial charge in [0.25, 0.3) is 0 Å². The van der Waals surface area contributed by atoms with Crippen molar-refractivity contribution >= 4 is 56.3 Å². The first-order valence-electron chi connectivity index (χ1n) is 13.7. The van der Waals surface area contributed by atoms with Crippen LogP contribution in [0.2, 0.25) is 0 Å². The monoisotopic (exact) mass is 568 g/mol. The number of benzene rings is 2. The number of aromatic nitrogens is 2. The molecule has 4 aromatic rings. The zero-order valence-electron chi connectivity index (χ0n) is 23.9. The second-order valence-corrected chi connectivity index (χ2v) is 12.5. The number of anilines is 2. The molecule has 6 heteroatoms. The average molecular weight is 569 g/mol. The second-order valence-electron chi connectivity index (χ2n) is 9.79. The highest BCUT2D eigenvalue weighted by Crippen LogP contribution is 2.22. The molecule has 2 heterocycles. The Morgan fingerprint density at radius 2 is 1.00 bits per heavy atom. The van der Waals surface area contributed by atoms with Crippen molar-refractivity contribution in [3.05, 3.63) is 120 Å². The molecule has 0 amide bonds. The third-order valence-corrected chi connectivity index (χ3v) is 9.03. The number of pyridine rings is 2. The Hall–Kier alpha value is -3.48. The molecule has 0 saturated heterocycles. The molecule has 0 saturated carbocycles. The lowest BCUT2D eigenvalue weighted by Crippen LogP contribution is -2.31. The van der Waals surface area contributed by atoms with E-state index in [1.54, 1.807) is 0 Å². The van der Waals surface area contributed by atoms with Gasteiger partial charge >= 0.3 is 0 Å². The van der Waals surface area contributed by atoms with Crippen LogP contribution in [0.5, 0.6) is 0 Å². The van der Waals surface area contributed by atoms with Gasteiger partial charge in [0.15, 0.2) is 12.4 Å². The van der Waals surface area contributed by atoms with E-state index in [-0.39, 0.29) is 0 Å². The maximum absolute atomic E-state index is 3.53. The summed E-state index contributed by atoms with van der Waals surface area (Å²) in [7, 11) is 8.00. The van der Waals surface area contributed by atoms with Crippen molar-refractivity contribution < 1.29 is 9.13 Å². The molecule has 0 atom stereocenters. The normalized spacial score (nSPS) is 11.9. The Balaban J connectivity index is 1.10. The van der Waals surface area contributed by atoms with Crippen LogP contribution in [-0.4, -0.2) is 24.6 Å². The zero-order valence-corrected chi connectivity index (χ0v) is 25.6. The van der Waals surface area contributed by atoms with Gasteiger partial charge in [0.1, 0.15) is 14.1 Å². The number of hydrogen-bond donors (Lipinski definition) is 2. The Kier molecular flexibility index (Phi) is 11.3. The van der Waals surface area contributed by atoms with E-state index in [1.165, 1.54) is 45.0 Å². The Labute approximate surface area is 247 Å². The summed E-state index contributed by atoms with van der Waals surface area (Å²) in [5.41, 5.74) is 9.72. The molecular formula is C34H40N4S2+2. The Morgan fingerprint density at radius 3 is 1.38 bits per heavy atom. The fraction of sp³-hybridized carbons (Fsp3) is 0.235. The lowest BCUT2D eigenvalue weighted by Gasteiger charge is -2.08. The lowest BCUT2D eigenvalue weighted by molar-refractivity contribution is -0.673. The molecule has 0 unspecified atom stereocenters. The number of rotatable bonds is 13. The van der Waals surface area contributed by atoms with E-state index in [1.807, 2.05) is 21.6 Å². The second kappa shape index (κ2) is 15.3. The highest BCUT2D eigenvalue weighted by atomic mass is 33.1. The van der Waals surface area contributed by atoms with E-state index in [0.29, 0.717) is 0 Å². The van der Waals surface area contributed by atoms with Crippen molar-refractivity contribution in [1.82, 2.24) is 0 Å². The quantitative estimate of drug-likeness (QED) is 0.100. The topological polar surface area (TPSA) is 31.8 Å². The third kappa shape index (κ3) is 9.04. The highest BCUT2D eigenvalue weighted by Gasteiger charge is 2.08. The molecule has 4 nitrogen and oxygen atoms in total. The van der Waals surface area contributed by atoms with Gasteiger partial charge in [-0.05, 0) is 73.5 Å². The summed E-state index contributed by atoms with van der Waals surface area (Å²) in [5, 5.41) is 7.07. The van der Waals surface area contributed by atoms with Crippen LogP contribution < -0.4 is 19.8 Å². The molecule has 2 aromatic heterocycles. The molecule has 40 heavy (non-hydrogen) atoms. The Bertz CT molecular complexity index is 1320. The van der Waals surface area contributed by atoms with Gasteiger partial charge in [-0.1, -0.05) is 45.9 Å². The summed E-state index contributed by atoms with van der Waals surface area (Å²) < 4.78 is 4.30. The van der Waals surface area contributed by atoms with Crippen LogP contribution in [0.1, 0.15) is 36.4 Å². The standard InChI is InChI=1S/C34H38N4S2/c1-27(33-9-5-7-21-37(33)3)25-29-11-15-31(16-12-29)35-19-23-39-40-24-20-36-32-17-13-30(14-18-32)26-28(2)34-10-6-8-22-38(34)4/h5-18,21-22,25-26H,19-20,23-24H2,1-4H3/p+2. The molecule has 0 aliphatic heterocycles. The number of nitrogens with one attached hydrogen (secondary N) is 2. The Morgan fingerprint density at radius 1 is 0.600 bits per heavy atom. The van der Waals surface area contributed by atoms with E-state index in [0.717, 1.165) is 24.6 Å². The molecule has 2 aromatic carbocycles. The first kappa shape index (κ1) is 29.5. The van der Waals surface area contributed by atoms with Crippen molar-refractivity contribution in [3.63, 3.8) is 0 Å². The lowest BCUT2D eigenvalue weighted by atomic mass is 10.1. The SMILES string of the molecule is CC(=Cc1ccc(NCCSSCCNc2ccc(C=C(C)c3cccc[n+]3C)cc2)cc1)c1cccc[n+]1C. The minimum absolute atomic E-state index is 0.953. The fourth-order valence-corrected chi connectivity index (χ4v) is 6.31. The summed E-state index contributed by atoms with van der Waals surface area (Å²) in [6.07, 6.45) is 8.63. The van der Waals surface area contributed by atoms with Crippen molar-refractivity contribution in [1.29, 1.82) is 0 Å². The predicted octanol–water partition coefficient (Wildman–Crippen LogP) is 7.36. The van der Waals surface area contributed by atoms with Gasteiger partial charge in [-0.3, -0.25) is 0 Å². The summed E-state index contributed by atoms with van der Waals surface area (Å²) in [4.78, 5) is 0. The van der Waals surface area contributed by atoms with Gasteiger partial charge in [-0.15, -0.1) is 0 Å². The minimum Gasteiger partial charge on any atom is -0.384 e. The maximum atomic E-state index is 3.53. The van der Waals surface area contributed by atoms with E-state index in [9.17, 15) is 0 Å². The van der Waals surface area contributed by atoms with Gasteiger partial charge in [0.05, 0.1) is 0 Å². The summed E-state index contributed by atoms with van der Waals surface area (Å²) in [6, 6.07) is 29.9. The number of hydrogen-bond acceptors (Lipinski definition) is 4. The van der Waals surface area contributed by atoms with E-state index >= 15 is 0 Å². The van der Waals surface area contributed by atoms with Crippen LogP contribution in [0.3, 0.4) is 0 Å². The molecular weight excluding hydrogens is 529 g/mol. The molecule has 4 rings (SSSR count). The van der Waals surface area contributed by atoms with Crippen molar-refractivity contribution in [2.24, 2.45) is 14.1 Å². The third-order valence-electron chi connectivity index (χ3n) is 6.62. The van der Waals surface area contributed by atoms with Gasteiger partial charge in [0.2, 0.25) is 11.4 Å². The highest BCUT2D eigenvalue weighted by molar-refractivity contribution is 8.76. The van der Waals surface area contributed by atoms with Crippen LogP contribution in [0.4, 0.5) is 11.4 Å². The predicted molar refractivity (Wildman–Crippen MR) is 177 cm³/mol. The van der Waals surface area contributed by atoms with Crippen LogP contribution in [0, 0.1) is 0 Å². The largest absolute Gasteiger partial charge is 0.384 e. The fourth-order valence-electron chi connectivity index (χ4n) is 4.50. The van der Waals surface area contributed by atoms with Crippen LogP contribution in [0.15, 0.2) is 97.3 Å². The first-order chi connectivity index (χ1) is 19.5. The van der Waals surface area contributed by atoms with Gasteiger partial charge in [0, 0.05) is 71.4 Å². The van der Waals surface area contributed by atoms with Crippen molar-refractivity contribution in [3.8, 4) is 0 Å². The van der Waals surface area contributed by atoms with E-state index in [2.05, 4.69) is 157 Å². The molecule has 0 spiro atoms. The summed E-state index contributed by atoms with van der Waals surface area (Å²) in [5.74, 6) is 2.13. The number of aryl methyl sites for hydroxylation is 2. The van der Waals surface area contributed by atoms with Crippen molar-refractivity contribution in [2.75, 3.05) is 35.2 Å². The molecule has 206 valence electrons. The van der Waals surface area contributed by atoms with Crippen LogP contribution in [0.25, 0.3) is 23.3 Å². The molecule has 0 aliphatic rings. The summed E-state index contributed by atoms with van der Waals surface area (Å²) >= 11 is 0. The molecule has 0 radical (unpaired) electrons. The molecule has 0 aliphatic carbocycles.